The van der Waals surface area contributed by atoms with Gasteiger partial charge in [0.1, 0.15) is 0 Å². The predicted molar refractivity (Wildman–Crippen MR) is 116 cm³/mol. The Hall–Kier alpha value is -2.95. The number of piperidine rings is 1. The summed E-state index contributed by atoms with van der Waals surface area (Å²) in [6, 6.07) is 20.9. The molecule has 4 rings (SSSR count). The molecule has 1 amide bonds. The second kappa shape index (κ2) is 10.2. The molecule has 2 heterocycles. The van der Waals surface area contributed by atoms with Gasteiger partial charge >= 0.3 is 0 Å². The van der Waals surface area contributed by atoms with Crippen molar-refractivity contribution in [3.8, 4) is 0 Å². The molecule has 1 saturated heterocycles. The van der Waals surface area contributed by atoms with Crippen LogP contribution in [0, 0.1) is 0 Å². The molecule has 0 N–H and O–H groups in total. The Bertz CT molecular complexity index is 924. The zero-order chi connectivity index (χ0) is 20.6. The van der Waals surface area contributed by atoms with Crippen molar-refractivity contribution in [2.24, 2.45) is 0 Å². The zero-order valence-corrected chi connectivity index (χ0v) is 17.4. The normalized spacial score (nSPS) is 16.5. The van der Waals surface area contributed by atoms with Gasteiger partial charge in [0.2, 0.25) is 17.7 Å². The van der Waals surface area contributed by atoms with E-state index >= 15 is 0 Å². The molecule has 1 aliphatic rings. The van der Waals surface area contributed by atoms with Crippen LogP contribution in [-0.4, -0.2) is 34.1 Å². The molecule has 0 aliphatic carbocycles. The maximum atomic E-state index is 12.7. The molecule has 156 valence electrons. The molecule has 1 atom stereocenters. The van der Waals surface area contributed by atoms with Crippen LogP contribution in [0.5, 0.6) is 0 Å². The molecule has 3 aromatic rings. The lowest BCUT2D eigenvalue weighted by atomic mass is 9.90. The van der Waals surface area contributed by atoms with Crippen molar-refractivity contribution in [1.82, 2.24) is 15.1 Å². The highest BCUT2D eigenvalue weighted by Gasteiger charge is 2.24. The van der Waals surface area contributed by atoms with Gasteiger partial charge in [-0.1, -0.05) is 60.7 Å². The zero-order valence-electron chi connectivity index (χ0n) is 17.4. The number of nitrogens with zero attached hydrogens (tertiary/aromatic N) is 3. The van der Waals surface area contributed by atoms with Crippen molar-refractivity contribution in [1.29, 1.82) is 0 Å². The number of aryl methyl sites for hydroxylation is 3. The van der Waals surface area contributed by atoms with Crippen molar-refractivity contribution in [2.75, 3.05) is 13.1 Å². The van der Waals surface area contributed by atoms with Gasteiger partial charge < -0.3 is 9.32 Å². The Labute approximate surface area is 178 Å². The number of rotatable bonds is 8. The first-order chi connectivity index (χ1) is 14.8. The molecule has 1 aliphatic heterocycles. The Morgan fingerprint density at radius 3 is 2.40 bits per heavy atom. The summed E-state index contributed by atoms with van der Waals surface area (Å²) in [4.78, 5) is 14.7. The molecule has 0 saturated carbocycles. The predicted octanol–water partition coefficient (Wildman–Crippen LogP) is 4.58. The third kappa shape index (κ3) is 5.56. The molecule has 1 unspecified atom stereocenters. The summed E-state index contributed by atoms with van der Waals surface area (Å²) in [6.07, 6.45) is 5.86. The van der Waals surface area contributed by atoms with Crippen molar-refractivity contribution in [3.63, 3.8) is 0 Å². The van der Waals surface area contributed by atoms with E-state index in [1.54, 1.807) is 0 Å². The maximum Gasteiger partial charge on any atom is 0.223 e. The standard InChI is InChI=1S/C25H29N3O2/c29-25(28-18-8-14-22(19-28)21-12-5-2-6-13-21)17-16-24-27-26-23(30-24)15-7-11-20-9-3-1-4-10-20/h1-6,9-10,12-13,22H,7-8,11,14-19H2. The van der Waals surface area contributed by atoms with E-state index in [4.69, 9.17) is 4.42 Å². The summed E-state index contributed by atoms with van der Waals surface area (Å²) < 4.78 is 5.76. The van der Waals surface area contributed by atoms with Gasteiger partial charge in [0.25, 0.3) is 0 Å². The van der Waals surface area contributed by atoms with E-state index in [1.165, 1.54) is 11.1 Å². The number of amides is 1. The fourth-order valence-corrected chi connectivity index (χ4v) is 4.15. The quantitative estimate of drug-likeness (QED) is 0.552. The van der Waals surface area contributed by atoms with Crippen LogP contribution in [0.4, 0.5) is 0 Å². The third-order valence-electron chi connectivity index (χ3n) is 5.81. The highest BCUT2D eigenvalue weighted by atomic mass is 16.4. The Kier molecular flexibility index (Phi) is 6.91. The minimum Gasteiger partial charge on any atom is -0.425 e. The second-order valence-corrected chi connectivity index (χ2v) is 8.02. The average Bonchev–Trinajstić information content (AvgIpc) is 3.26. The SMILES string of the molecule is O=C(CCc1nnc(CCCc2ccccc2)o1)N1CCCC(c2ccccc2)C1. The van der Waals surface area contributed by atoms with E-state index < -0.39 is 0 Å². The monoisotopic (exact) mass is 403 g/mol. The van der Waals surface area contributed by atoms with Crippen LogP contribution in [0.3, 0.4) is 0 Å². The number of carbonyl (C=O) groups excluding carboxylic acids is 1. The van der Waals surface area contributed by atoms with Crippen LogP contribution in [0.25, 0.3) is 0 Å². The molecule has 0 radical (unpaired) electrons. The number of hydrogen-bond donors (Lipinski definition) is 0. The lowest BCUT2D eigenvalue weighted by Gasteiger charge is -2.33. The van der Waals surface area contributed by atoms with Crippen molar-refractivity contribution in [3.05, 3.63) is 83.6 Å². The van der Waals surface area contributed by atoms with Crippen LogP contribution in [0.15, 0.2) is 65.1 Å². The first-order valence-electron chi connectivity index (χ1n) is 11.0. The smallest absolute Gasteiger partial charge is 0.223 e. The van der Waals surface area contributed by atoms with Crippen LogP contribution >= 0.6 is 0 Å². The summed E-state index contributed by atoms with van der Waals surface area (Å²) in [5.74, 6) is 1.84. The Morgan fingerprint density at radius 1 is 0.933 bits per heavy atom. The van der Waals surface area contributed by atoms with E-state index in [9.17, 15) is 4.79 Å². The summed E-state index contributed by atoms with van der Waals surface area (Å²) >= 11 is 0. The van der Waals surface area contributed by atoms with Gasteiger partial charge in [0.15, 0.2) is 0 Å². The lowest BCUT2D eigenvalue weighted by Crippen LogP contribution is -2.39. The van der Waals surface area contributed by atoms with Gasteiger partial charge in [-0.15, -0.1) is 10.2 Å². The van der Waals surface area contributed by atoms with Crippen LogP contribution in [0.1, 0.15) is 54.5 Å². The minimum atomic E-state index is 0.180. The molecule has 1 aromatic heterocycles. The number of carbonyl (C=O) groups is 1. The molecule has 5 nitrogen and oxygen atoms in total. The van der Waals surface area contributed by atoms with E-state index in [-0.39, 0.29) is 5.91 Å². The van der Waals surface area contributed by atoms with Crippen LogP contribution in [-0.2, 0) is 24.1 Å². The van der Waals surface area contributed by atoms with E-state index in [0.29, 0.717) is 30.5 Å². The minimum absolute atomic E-state index is 0.180. The van der Waals surface area contributed by atoms with Crippen LogP contribution < -0.4 is 0 Å². The van der Waals surface area contributed by atoms with Crippen LogP contribution in [0.2, 0.25) is 0 Å². The Morgan fingerprint density at radius 2 is 1.63 bits per heavy atom. The summed E-state index contributed by atoms with van der Waals surface area (Å²) in [5, 5.41) is 8.28. The first kappa shape index (κ1) is 20.3. The van der Waals surface area contributed by atoms with Crippen molar-refractivity contribution in [2.45, 2.75) is 50.9 Å². The van der Waals surface area contributed by atoms with Gasteiger partial charge in [0.05, 0.1) is 0 Å². The molecular formula is C25H29N3O2. The maximum absolute atomic E-state index is 12.7. The largest absolute Gasteiger partial charge is 0.425 e. The number of hydrogen-bond acceptors (Lipinski definition) is 4. The summed E-state index contributed by atoms with van der Waals surface area (Å²) in [7, 11) is 0. The highest BCUT2D eigenvalue weighted by molar-refractivity contribution is 5.76. The van der Waals surface area contributed by atoms with E-state index in [1.807, 2.05) is 17.0 Å². The van der Waals surface area contributed by atoms with Crippen molar-refractivity contribution >= 4 is 5.91 Å². The van der Waals surface area contributed by atoms with Gasteiger partial charge in [0, 0.05) is 38.3 Å². The molecule has 0 bridgehead atoms. The van der Waals surface area contributed by atoms with E-state index in [2.05, 4.69) is 58.7 Å². The second-order valence-electron chi connectivity index (χ2n) is 8.02. The molecule has 2 aromatic carbocycles. The molecule has 1 fully saturated rings. The van der Waals surface area contributed by atoms with Gasteiger partial charge in [-0.25, -0.2) is 0 Å². The van der Waals surface area contributed by atoms with Gasteiger partial charge in [-0.2, -0.15) is 0 Å². The van der Waals surface area contributed by atoms with Gasteiger partial charge in [-0.3, -0.25) is 4.79 Å². The Balaban J connectivity index is 1.22. The molecule has 0 spiro atoms. The summed E-state index contributed by atoms with van der Waals surface area (Å²) in [6.45, 7) is 1.65. The molecule has 5 heteroatoms. The number of aromatic nitrogens is 2. The van der Waals surface area contributed by atoms with Crippen molar-refractivity contribution < 1.29 is 9.21 Å². The lowest BCUT2D eigenvalue weighted by molar-refractivity contribution is -0.132. The fraction of sp³-hybridized carbons (Fsp3) is 0.400. The molecule has 30 heavy (non-hydrogen) atoms. The average molecular weight is 404 g/mol. The number of likely N-dealkylation sites (tertiary alicyclic amines) is 1. The summed E-state index contributed by atoms with van der Waals surface area (Å²) in [5.41, 5.74) is 2.64. The van der Waals surface area contributed by atoms with E-state index in [0.717, 1.165) is 45.2 Å². The third-order valence-corrected chi connectivity index (χ3v) is 5.81. The number of benzene rings is 2. The topological polar surface area (TPSA) is 59.2 Å². The first-order valence-corrected chi connectivity index (χ1v) is 11.0. The fourth-order valence-electron chi connectivity index (χ4n) is 4.15. The van der Waals surface area contributed by atoms with Gasteiger partial charge in [-0.05, 0) is 36.8 Å². The highest BCUT2D eigenvalue weighted by Crippen LogP contribution is 2.27. The molecular weight excluding hydrogens is 374 g/mol.